The summed E-state index contributed by atoms with van der Waals surface area (Å²) in [6, 6.07) is 0.508. The van der Waals surface area contributed by atoms with E-state index in [1.165, 1.54) is 15.9 Å². The maximum absolute atomic E-state index is 5.39. The fraction of sp³-hybridized carbons (Fsp3) is 0.727. The first-order valence-electron chi connectivity index (χ1n) is 5.90. The molecule has 0 unspecified atom stereocenters. The fourth-order valence-corrected chi connectivity index (χ4v) is 3.20. The molecule has 0 spiro atoms. The van der Waals surface area contributed by atoms with Crippen LogP contribution in [0.2, 0.25) is 0 Å². The molecule has 1 aromatic heterocycles. The summed E-state index contributed by atoms with van der Waals surface area (Å²) in [6.45, 7) is 3.71. The van der Waals surface area contributed by atoms with Gasteiger partial charge in [-0.3, -0.25) is 4.68 Å². The van der Waals surface area contributed by atoms with Gasteiger partial charge in [0.25, 0.3) is 0 Å². The van der Waals surface area contributed by atoms with E-state index in [0.29, 0.717) is 6.04 Å². The molecule has 0 aliphatic carbocycles. The lowest BCUT2D eigenvalue weighted by Crippen LogP contribution is -2.23. The van der Waals surface area contributed by atoms with Gasteiger partial charge in [-0.2, -0.15) is 5.10 Å². The van der Waals surface area contributed by atoms with Crippen molar-refractivity contribution in [2.24, 2.45) is 0 Å². The summed E-state index contributed by atoms with van der Waals surface area (Å²) in [6.07, 6.45) is 3.20. The van der Waals surface area contributed by atoms with Gasteiger partial charge in [-0.05, 0) is 28.8 Å². The Morgan fingerprint density at radius 1 is 1.38 bits per heavy atom. The number of fused-ring (bicyclic) bond motifs is 1. The quantitative estimate of drug-likeness (QED) is 0.853. The second-order valence-corrected chi connectivity index (χ2v) is 5.18. The molecule has 3 rings (SSSR count). The van der Waals surface area contributed by atoms with Gasteiger partial charge >= 0.3 is 0 Å². The number of nitrogens with one attached hydrogen (secondary N) is 1. The first-order chi connectivity index (χ1) is 7.86. The zero-order valence-corrected chi connectivity index (χ0v) is 10.8. The van der Waals surface area contributed by atoms with Crippen molar-refractivity contribution in [3.63, 3.8) is 0 Å². The topological polar surface area (TPSA) is 39.1 Å². The molecular weight excluding hydrogens is 270 g/mol. The van der Waals surface area contributed by atoms with Crippen LogP contribution in [0.4, 0.5) is 0 Å². The summed E-state index contributed by atoms with van der Waals surface area (Å²) >= 11 is 3.69. The number of aromatic nitrogens is 2. The average Bonchev–Trinajstić information content (AvgIpc) is 2.69. The lowest BCUT2D eigenvalue weighted by Gasteiger charge is -2.23. The highest BCUT2D eigenvalue weighted by molar-refractivity contribution is 9.10. The fourth-order valence-electron chi connectivity index (χ4n) is 2.46. The van der Waals surface area contributed by atoms with Crippen LogP contribution in [0.1, 0.15) is 30.1 Å². The van der Waals surface area contributed by atoms with Crippen molar-refractivity contribution in [3.8, 4) is 0 Å². The molecule has 4 nitrogen and oxygen atoms in total. The van der Waals surface area contributed by atoms with Crippen molar-refractivity contribution in [2.75, 3.05) is 19.8 Å². The zero-order chi connectivity index (χ0) is 11.0. The first-order valence-corrected chi connectivity index (χ1v) is 6.70. The summed E-state index contributed by atoms with van der Waals surface area (Å²) in [7, 11) is 0. The van der Waals surface area contributed by atoms with Gasteiger partial charge < -0.3 is 10.1 Å². The largest absolute Gasteiger partial charge is 0.381 e. The van der Waals surface area contributed by atoms with E-state index in [4.69, 9.17) is 9.84 Å². The predicted molar refractivity (Wildman–Crippen MR) is 64.4 cm³/mol. The van der Waals surface area contributed by atoms with Gasteiger partial charge in [-0.1, -0.05) is 0 Å². The molecule has 0 saturated carbocycles. The van der Waals surface area contributed by atoms with Crippen molar-refractivity contribution >= 4 is 15.9 Å². The standard InChI is InChI=1S/C11H16BrN3O/c12-11-9-7-13-4-1-10(9)14-15(11)8-2-5-16-6-3-8/h8,13H,1-7H2. The Morgan fingerprint density at radius 3 is 2.94 bits per heavy atom. The highest BCUT2D eigenvalue weighted by Crippen LogP contribution is 2.30. The van der Waals surface area contributed by atoms with Crippen molar-refractivity contribution in [1.82, 2.24) is 15.1 Å². The van der Waals surface area contributed by atoms with Crippen LogP contribution in [0.15, 0.2) is 4.60 Å². The second kappa shape index (κ2) is 4.47. The van der Waals surface area contributed by atoms with Crippen molar-refractivity contribution in [2.45, 2.75) is 31.8 Å². The normalized spacial score (nSPS) is 22.1. The zero-order valence-electron chi connectivity index (χ0n) is 9.21. The van der Waals surface area contributed by atoms with Crippen LogP contribution in [0.3, 0.4) is 0 Å². The van der Waals surface area contributed by atoms with Crippen LogP contribution in [0.5, 0.6) is 0 Å². The van der Waals surface area contributed by atoms with Crippen LogP contribution in [-0.2, 0) is 17.7 Å². The molecular formula is C11H16BrN3O. The van der Waals surface area contributed by atoms with Gasteiger partial charge in [0, 0.05) is 38.3 Å². The summed E-state index contributed by atoms with van der Waals surface area (Å²) in [5.74, 6) is 0. The Kier molecular flexibility index (Phi) is 3.00. The second-order valence-electron chi connectivity index (χ2n) is 4.43. The lowest BCUT2D eigenvalue weighted by molar-refractivity contribution is 0.0655. The number of hydrogen-bond donors (Lipinski definition) is 1. The molecule has 1 fully saturated rings. The summed E-state index contributed by atoms with van der Waals surface area (Å²) in [5, 5.41) is 8.14. The SMILES string of the molecule is Brc1c2c(nn1C1CCOCC1)CCNC2. The monoisotopic (exact) mass is 285 g/mol. The minimum Gasteiger partial charge on any atom is -0.381 e. The molecule has 0 amide bonds. The minimum absolute atomic E-state index is 0.508. The van der Waals surface area contributed by atoms with Gasteiger partial charge in [0.2, 0.25) is 0 Å². The molecule has 0 radical (unpaired) electrons. The maximum atomic E-state index is 5.39. The van der Waals surface area contributed by atoms with E-state index < -0.39 is 0 Å². The van der Waals surface area contributed by atoms with Crippen LogP contribution >= 0.6 is 15.9 Å². The third-order valence-electron chi connectivity index (χ3n) is 3.40. The Hall–Kier alpha value is -0.390. The van der Waals surface area contributed by atoms with Gasteiger partial charge in [-0.25, -0.2) is 0 Å². The molecule has 88 valence electrons. The number of halogens is 1. The number of rotatable bonds is 1. The highest BCUT2D eigenvalue weighted by Gasteiger charge is 2.24. The minimum atomic E-state index is 0.508. The lowest BCUT2D eigenvalue weighted by atomic mass is 10.1. The Labute approximate surface area is 103 Å². The van der Waals surface area contributed by atoms with Gasteiger partial charge in [0.1, 0.15) is 4.60 Å². The number of hydrogen-bond acceptors (Lipinski definition) is 3. The van der Waals surface area contributed by atoms with Gasteiger partial charge in [0.05, 0.1) is 11.7 Å². The summed E-state index contributed by atoms with van der Waals surface area (Å²) in [4.78, 5) is 0. The Morgan fingerprint density at radius 2 is 2.19 bits per heavy atom. The molecule has 1 N–H and O–H groups in total. The molecule has 1 saturated heterocycles. The van der Waals surface area contributed by atoms with Crippen LogP contribution < -0.4 is 5.32 Å². The molecule has 1 aromatic rings. The van der Waals surface area contributed by atoms with E-state index in [-0.39, 0.29) is 0 Å². The van der Waals surface area contributed by atoms with Gasteiger partial charge in [-0.15, -0.1) is 0 Å². The Bertz CT molecular complexity index is 385. The average molecular weight is 286 g/mol. The predicted octanol–water partition coefficient (Wildman–Crippen LogP) is 1.64. The van der Waals surface area contributed by atoms with E-state index in [1.807, 2.05) is 0 Å². The maximum Gasteiger partial charge on any atom is 0.109 e. The Balaban J connectivity index is 1.91. The molecule has 3 heterocycles. The van der Waals surface area contributed by atoms with Crippen LogP contribution in [0, 0.1) is 0 Å². The molecule has 0 bridgehead atoms. The molecule has 5 heteroatoms. The molecule has 0 atom stereocenters. The summed E-state index contributed by atoms with van der Waals surface area (Å²) < 4.78 is 8.73. The number of nitrogens with zero attached hydrogens (tertiary/aromatic N) is 2. The van der Waals surface area contributed by atoms with Crippen molar-refractivity contribution in [1.29, 1.82) is 0 Å². The number of ether oxygens (including phenoxy) is 1. The first kappa shape index (κ1) is 10.7. The van der Waals surface area contributed by atoms with Crippen LogP contribution in [-0.4, -0.2) is 29.5 Å². The van der Waals surface area contributed by atoms with Crippen LogP contribution in [0.25, 0.3) is 0 Å². The van der Waals surface area contributed by atoms with Gasteiger partial charge in [0.15, 0.2) is 0 Å². The van der Waals surface area contributed by atoms with E-state index >= 15 is 0 Å². The smallest absolute Gasteiger partial charge is 0.109 e. The van der Waals surface area contributed by atoms with E-state index in [0.717, 1.165) is 45.6 Å². The van der Waals surface area contributed by atoms with E-state index in [1.54, 1.807) is 0 Å². The van der Waals surface area contributed by atoms with Crippen molar-refractivity contribution < 1.29 is 4.74 Å². The van der Waals surface area contributed by atoms with Crippen molar-refractivity contribution in [3.05, 3.63) is 15.9 Å². The van der Waals surface area contributed by atoms with E-state index in [9.17, 15) is 0 Å². The molecule has 2 aliphatic rings. The third-order valence-corrected chi connectivity index (χ3v) is 4.25. The molecule has 0 aromatic carbocycles. The third kappa shape index (κ3) is 1.81. The molecule has 2 aliphatic heterocycles. The molecule has 16 heavy (non-hydrogen) atoms. The highest BCUT2D eigenvalue weighted by atomic mass is 79.9. The van der Waals surface area contributed by atoms with E-state index in [2.05, 4.69) is 25.9 Å². The summed E-state index contributed by atoms with van der Waals surface area (Å²) in [5.41, 5.74) is 2.61.